The van der Waals surface area contributed by atoms with Crippen LogP contribution in [-0.4, -0.2) is 47.8 Å². The number of carbonyl (C=O) groups is 1. The topological polar surface area (TPSA) is 164 Å². The minimum absolute atomic E-state index is 0.147. The minimum Gasteiger partial charge on any atom is -0.414 e. The lowest BCUT2D eigenvalue weighted by Gasteiger charge is -2.19. The maximum absolute atomic E-state index is 11.8. The summed E-state index contributed by atoms with van der Waals surface area (Å²) in [5.41, 5.74) is 3.03. The maximum atomic E-state index is 11.8. The van der Waals surface area contributed by atoms with Crippen LogP contribution < -0.4 is 16.0 Å². The first-order valence-corrected chi connectivity index (χ1v) is 11.8. The Bertz CT molecular complexity index is 1590. The van der Waals surface area contributed by atoms with Crippen molar-refractivity contribution >= 4 is 23.5 Å². The molecule has 0 radical (unpaired) electrons. The second kappa shape index (κ2) is 10.0. The Morgan fingerprint density at radius 2 is 1.79 bits per heavy atom. The van der Waals surface area contributed by atoms with E-state index in [1.54, 1.807) is 36.7 Å². The molecule has 0 spiro atoms. The van der Waals surface area contributed by atoms with Gasteiger partial charge in [-0.2, -0.15) is 4.98 Å². The van der Waals surface area contributed by atoms with Gasteiger partial charge in [-0.1, -0.05) is 36.4 Å². The number of amides is 1. The van der Waals surface area contributed by atoms with Gasteiger partial charge in [-0.25, -0.2) is 9.97 Å². The standard InChI is InChI=1S/C26H21N9O3/c36-14-20(15-6-2-1-3-7-15)31-22-17(24-34-35-25(38-24)18-8-4-5-11-27-18)12-29-26(33-22)32-21-10-9-16-19(30-21)13-28-23(16)37/h1-12,20,36H,13-14H2,(H,28,37)(H2,29,30,31,32,33)/t20-/m1/s1. The molecular weight excluding hydrogens is 486 g/mol. The number of anilines is 3. The van der Waals surface area contributed by atoms with Gasteiger partial charge in [0.15, 0.2) is 0 Å². The summed E-state index contributed by atoms with van der Waals surface area (Å²) in [7, 11) is 0. The van der Waals surface area contributed by atoms with Gasteiger partial charge in [0.25, 0.3) is 17.7 Å². The van der Waals surface area contributed by atoms with E-state index >= 15 is 0 Å². The number of nitrogens with one attached hydrogen (secondary N) is 3. The van der Waals surface area contributed by atoms with Crippen LogP contribution in [0.25, 0.3) is 23.0 Å². The molecule has 0 aliphatic carbocycles. The van der Waals surface area contributed by atoms with Crippen LogP contribution in [-0.2, 0) is 6.54 Å². The lowest BCUT2D eigenvalue weighted by atomic mass is 10.1. The van der Waals surface area contributed by atoms with Crippen LogP contribution in [0.1, 0.15) is 27.7 Å². The number of fused-ring (bicyclic) bond motifs is 1. The first-order valence-electron chi connectivity index (χ1n) is 11.8. The van der Waals surface area contributed by atoms with E-state index in [2.05, 4.69) is 46.1 Å². The summed E-state index contributed by atoms with van der Waals surface area (Å²) in [4.78, 5) is 29.6. The van der Waals surface area contributed by atoms with Crippen LogP contribution in [0.4, 0.5) is 17.6 Å². The molecule has 4 N–H and O–H groups in total. The number of aliphatic hydroxyl groups is 1. The van der Waals surface area contributed by atoms with Crippen molar-refractivity contribution in [3.63, 3.8) is 0 Å². The lowest BCUT2D eigenvalue weighted by Crippen LogP contribution is -2.17. The molecule has 12 heteroatoms. The van der Waals surface area contributed by atoms with E-state index in [1.165, 1.54) is 0 Å². The molecule has 1 atom stereocenters. The number of hydrogen-bond acceptors (Lipinski definition) is 11. The predicted molar refractivity (Wildman–Crippen MR) is 137 cm³/mol. The Hall–Kier alpha value is -5.23. The molecule has 1 aromatic carbocycles. The fourth-order valence-electron chi connectivity index (χ4n) is 4.00. The van der Waals surface area contributed by atoms with E-state index in [-0.39, 0.29) is 30.2 Å². The Kier molecular flexibility index (Phi) is 6.12. The zero-order valence-electron chi connectivity index (χ0n) is 19.9. The lowest BCUT2D eigenvalue weighted by molar-refractivity contribution is 0.0965. The molecule has 0 unspecified atom stereocenters. The molecule has 38 heavy (non-hydrogen) atoms. The predicted octanol–water partition coefficient (Wildman–Crippen LogP) is 3.12. The van der Waals surface area contributed by atoms with E-state index < -0.39 is 6.04 Å². The Labute approximate surface area is 216 Å². The van der Waals surface area contributed by atoms with Gasteiger partial charge in [0.1, 0.15) is 17.3 Å². The van der Waals surface area contributed by atoms with Crippen LogP contribution >= 0.6 is 0 Å². The summed E-state index contributed by atoms with van der Waals surface area (Å²) in [6.45, 7) is 0.175. The van der Waals surface area contributed by atoms with Crippen molar-refractivity contribution in [2.75, 3.05) is 17.2 Å². The molecule has 0 fully saturated rings. The van der Waals surface area contributed by atoms with Crippen molar-refractivity contribution in [1.82, 2.24) is 35.5 Å². The SMILES string of the molecule is O=C1NCc2nc(Nc3ncc(-c4nnc(-c5ccccn5)o4)c(N[C@H](CO)c4ccccc4)n3)ccc21. The number of aromatic nitrogens is 6. The van der Waals surface area contributed by atoms with Gasteiger partial charge < -0.3 is 25.5 Å². The highest BCUT2D eigenvalue weighted by atomic mass is 16.4. The molecule has 1 aliphatic heterocycles. The quantitative estimate of drug-likeness (QED) is 0.244. The number of benzene rings is 1. The van der Waals surface area contributed by atoms with Crippen LogP contribution in [0.5, 0.6) is 0 Å². The molecule has 1 aliphatic rings. The number of pyridine rings is 2. The van der Waals surface area contributed by atoms with Crippen LogP contribution in [0, 0.1) is 0 Å². The van der Waals surface area contributed by atoms with Crippen LogP contribution in [0.2, 0.25) is 0 Å². The second-order valence-corrected chi connectivity index (χ2v) is 8.37. The highest BCUT2D eigenvalue weighted by molar-refractivity contribution is 5.97. The zero-order valence-corrected chi connectivity index (χ0v) is 19.9. The van der Waals surface area contributed by atoms with Crippen molar-refractivity contribution in [3.05, 3.63) is 89.9 Å². The summed E-state index contributed by atoms with van der Waals surface area (Å²) in [6, 6.07) is 17.8. The number of nitrogens with zero attached hydrogens (tertiary/aromatic N) is 6. The zero-order chi connectivity index (χ0) is 25.9. The third kappa shape index (κ3) is 4.63. The molecule has 5 heterocycles. The highest BCUT2D eigenvalue weighted by Crippen LogP contribution is 2.31. The molecular formula is C26H21N9O3. The summed E-state index contributed by atoms with van der Waals surface area (Å²) in [6.07, 6.45) is 3.19. The Morgan fingerprint density at radius 1 is 0.947 bits per heavy atom. The van der Waals surface area contributed by atoms with Crippen LogP contribution in [0.3, 0.4) is 0 Å². The molecule has 1 amide bonds. The number of rotatable bonds is 8. The van der Waals surface area contributed by atoms with E-state index in [4.69, 9.17) is 4.42 Å². The van der Waals surface area contributed by atoms with Gasteiger partial charge in [-0.05, 0) is 29.8 Å². The average Bonchev–Trinajstić information content (AvgIpc) is 3.60. The molecule has 0 bridgehead atoms. The van der Waals surface area contributed by atoms with E-state index in [0.29, 0.717) is 40.7 Å². The Morgan fingerprint density at radius 3 is 2.61 bits per heavy atom. The van der Waals surface area contributed by atoms with Gasteiger partial charge in [0.05, 0.1) is 36.0 Å². The van der Waals surface area contributed by atoms with Gasteiger partial charge in [0.2, 0.25) is 5.95 Å². The molecule has 4 aromatic heterocycles. The minimum atomic E-state index is -0.467. The smallest absolute Gasteiger partial charge is 0.266 e. The van der Waals surface area contributed by atoms with Gasteiger partial charge in [-0.15, -0.1) is 10.2 Å². The average molecular weight is 508 g/mol. The maximum Gasteiger partial charge on any atom is 0.266 e. The fourth-order valence-corrected chi connectivity index (χ4v) is 4.00. The van der Waals surface area contributed by atoms with E-state index in [1.807, 2.05) is 36.4 Å². The van der Waals surface area contributed by atoms with E-state index in [0.717, 1.165) is 5.56 Å². The van der Waals surface area contributed by atoms with Gasteiger partial charge in [0, 0.05) is 12.4 Å². The van der Waals surface area contributed by atoms with Crippen LogP contribution in [0.15, 0.2) is 77.5 Å². The fraction of sp³-hybridized carbons (Fsp3) is 0.115. The monoisotopic (exact) mass is 507 g/mol. The first kappa shape index (κ1) is 23.2. The summed E-state index contributed by atoms with van der Waals surface area (Å²) < 4.78 is 5.90. The van der Waals surface area contributed by atoms with Crippen molar-refractivity contribution in [2.24, 2.45) is 0 Å². The van der Waals surface area contributed by atoms with E-state index in [9.17, 15) is 9.90 Å². The third-order valence-electron chi connectivity index (χ3n) is 5.90. The first-order chi connectivity index (χ1) is 18.7. The largest absolute Gasteiger partial charge is 0.414 e. The molecule has 0 saturated heterocycles. The molecule has 188 valence electrons. The highest BCUT2D eigenvalue weighted by Gasteiger charge is 2.22. The summed E-state index contributed by atoms with van der Waals surface area (Å²) in [5, 5.41) is 27.5. The normalized spacial score (nSPS) is 13.0. The van der Waals surface area contributed by atoms with Gasteiger partial charge >= 0.3 is 0 Å². The molecule has 5 aromatic rings. The summed E-state index contributed by atoms with van der Waals surface area (Å²) >= 11 is 0. The van der Waals surface area contributed by atoms with Crippen molar-refractivity contribution in [1.29, 1.82) is 0 Å². The number of hydrogen-bond donors (Lipinski definition) is 4. The Balaban J connectivity index is 1.35. The second-order valence-electron chi connectivity index (χ2n) is 8.37. The van der Waals surface area contributed by atoms with Gasteiger partial charge in [-0.3, -0.25) is 9.78 Å². The molecule has 6 rings (SSSR count). The number of carbonyl (C=O) groups excluding carboxylic acids is 1. The third-order valence-corrected chi connectivity index (χ3v) is 5.90. The molecule has 0 saturated carbocycles. The molecule has 12 nitrogen and oxygen atoms in total. The number of aliphatic hydroxyl groups excluding tert-OH is 1. The summed E-state index contributed by atoms with van der Waals surface area (Å²) in [5.74, 6) is 1.38. The van der Waals surface area contributed by atoms with Crippen molar-refractivity contribution in [3.8, 4) is 23.0 Å². The van der Waals surface area contributed by atoms with Crippen molar-refractivity contribution < 1.29 is 14.3 Å². The van der Waals surface area contributed by atoms with Crippen molar-refractivity contribution in [2.45, 2.75) is 12.6 Å².